The summed E-state index contributed by atoms with van der Waals surface area (Å²) in [5, 5.41) is 1.75. The van der Waals surface area contributed by atoms with Crippen LogP contribution in [0.25, 0.3) is 0 Å². The Kier molecular flexibility index (Phi) is 5.92. The van der Waals surface area contributed by atoms with Crippen molar-refractivity contribution in [2.24, 2.45) is 11.8 Å². The molecule has 1 aliphatic heterocycles. The van der Waals surface area contributed by atoms with Crippen LogP contribution in [0.15, 0.2) is 0 Å². The van der Waals surface area contributed by atoms with Crippen molar-refractivity contribution < 1.29 is 9.47 Å². The molecule has 3 heteroatoms. The molecule has 3 fully saturated rings. The molecule has 0 aromatic rings. The van der Waals surface area contributed by atoms with E-state index < -0.39 is 0 Å². The Morgan fingerprint density at radius 2 is 1.24 bits per heavy atom. The summed E-state index contributed by atoms with van der Waals surface area (Å²) in [6, 6.07) is 0. The van der Waals surface area contributed by atoms with Gasteiger partial charge in [-0.1, -0.05) is 13.8 Å². The fourth-order valence-electron chi connectivity index (χ4n) is 4.62. The molecule has 0 aromatic carbocycles. The van der Waals surface area contributed by atoms with Gasteiger partial charge in [-0.05, 0) is 63.2 Å². The smallest absolute Gasteiger partial charge is 0.0585 e. The van der Waals surface area contributed by atoms with Gasteiger partial charge < -0.3 is 9.47 Å². The van der Waals surface area contributed by atoms with Crippen LogP contribution in [0, 0.1) is 11.8 Å². The predicted octanol–water partition coefficient (Wildman–Crippen LogP) is 4.66. The first-order chi connectivity index (χ1) is 10.3. The first-order valence-corrected chi connectivity index (χ1v) is 10.1. The van der Waals surface area contributed by atoms with E-state index in [4.69, 9.17) is 9.47 Å². The maximum Gasteiger partial charge on any atom is 0.0585 e. The molecule has 0 spiro atoms. The van der Waals surface area contributed by atoms with Crippen molar-refractivity contribution >= 4 is 11.8 Å². The van der Waals surface area contributed by atoms with Crippen molar-refractivity contribution in [1.82, 2.24) is 0 Å². The maximum atomic E-state index is 6.03. The highest BCUT2D eigenvalue weighted by atomic mass is 32.2. The standard InChI is InChI=1S/C18H32O2S/c1-3-9-19-13-5-7-15-16-8-6-14(20-10-4-2)12-18(16)21-17(15)11-13/h13-18H,3-12H2,1-2H3. The Labute approximate surface area is 134 Å². The molecular weight excluding hydrogens is 280 g/mol. The number of ether oxygens (including phenoxy) is 2. The van der Waals surface area contributed by atoms with Crippen molar-refractivity contribution in [1.29, 1.82) is 0 Å². The topological polar surface area (TPSA) is 18.5 Å². The summed E-state index contributed by atoms with van der Waals surface area (Å²) >= 11 is 2.29. The lowest BCUT2D eigenvalue weighted by Gasteiger charge is -2.36. The van der Waals surface area contributed by atoms with Gasteiger partial charge in [0.05, 0.1) is 12.2 Å². The van der Waals surface area contributed by atoms with Crippen molar-refractivity contribution in [2.45, 2.75) is 87.9 Å². The molecule has 21 heavy (non-hydrogen) atoms. The van der Waals surface area contributed by atoms with Crippen molar-refractivity contribution in [3.8, 4) is 0 Å². The molecule has 0 amide bonds. The van der Waals surface area contributed by atoms with Crippen molar-refractivity contribution in [3.63, 3.8) is 0 Å². The molecule has 2 aliphatic carbocycles. The van der Waals surface area contributed by atoms with E-state index >= 15 is 0 Å². The van der Waals surface area contributed by atoms with Crippen LogP contribution < -0.4 is 0 Å². The second kappa shape index (κ2) is 7.70. The Morgan fingerprint density at radius 1 is 0.762 bits per heavy atom. The quantitative estimate of drug-likeness (QED) is 0.710. The lowest BCUT2D eigenvalue weighted by molar-refractivity contribution is -0.000354. The fraction of sp³-hybridized carbons (Fsp3) is 1.00. The zero-order valence-corrected chi connectivity index (χ0v) is 14.6. The second-order valence-corrected chi connectivity index (χ2v) is 8.64. The minimum absolute atomic E-state index is 0.547. The zero-order valence-electron chi connectivity index (χ0n) is 13.8. The highest BCUT2D eigenvalue weighted by molar-refractivity contribution is 8.00. The van der Waals surface area contributed by atoms with Crippen molar-refractivity contribution in [3.05, 3.63) is 0 Å². The minimum Gasteiger partial charge on any atom is -0.378 e. The molecule has 0 N–H and O–H groups in total. The molecule has 1 saturated heterocycles. The van der Waals surface area contributed by atoms with E-state index in [2.05, 4.69) is 25.6 Å². The lowest BCUT2D eigenvalue weighted by Crippen LogP contribution is -2.35. The minimum atomic E-state index is 0.547. The summed E-state index contributed by atoms with van der Waals surface area (Å²) in [5.74, 6) is 1.96. The van der Waals surface area contributed by atoms with E-state index in [0.717, 1.165) is 48.4 Å². The molecule has 3 rings (SSSR count). The van der Waals surface area contributed by atoms with Crippen LogP contribution in [-0.4, -0.2) is 35.9 Å². The van der Waals surface area contributed by atoms with E-state index in [1.165, 1.54) is 38.5 Å². The number of hydrogen-bond donors (Lipinski definition) is 0. The summed E-state index contributed by atoms with van der Waals surface area (Å²) in [6.07, 6.45) is 11.4. The molecule has 1 heterocycles. The van der Waals surface area contributed by atoms with Crippen molar-refractivity contribution in [2.75, 3.05) is 13.2 Å². The molecular formula is C18H32O2S. The molecule has 2 nitrogen and oxygen atoms in total. The molecule has 6 atom stereocenters. The third-order valence-corrected chi connectivity index (χ3v) is 7.39. The fourth-order valence-corrected chi connectivity index (χ4v) is 6.80. The first kappa shape index (κ1) is 16.1. The van der Waals surface area contributed by atoms with E-state index in [1.54, 1.807) is 0 Å². The van der Waals surface area contributed by atoms with Gasteiger partial charge in [0.1, 0.15) is 0 Å². The van der Waals surface area contributed by atoms with Crippen LogP contribution in [0.1, 0.15) is 65.2 Å². The molecule has 2 saturated carbocycles. The lowest BCUT2D eigenvalue weighted by atomic mass is 9.72. The van der Waals surface area contributed by atoms with Crippen LogP contribution in [0.5, 0.6) is 0 Å². The Morgan fingerprint density at radius 3 is 1.67 bits per heavy atom. The molecule has 0 bridgehead atoms. The molecule has 0 aromatic heterocycles. The van der Waals surface area contributed by atoms with E-state index in [9.17, 15) is 0 Å². The summed E-state index contributed by atoms with van der Waals surface area (Å²) in [4.78, 5) is 0. The summed E-state index contributed by atoms with van der Waals surface area (Å²) in [6.45, 7) is 6.32. The number of rotatable bonds is 6. The molecule has 6 unspecified atom stereocenters. The Balaban J connectivity index is 1.51. The number of thioether (sulfide) groups is 1. The van der Waals surface area contributed by atoms with Gasteiger partial charge >= 0.3 is 0 Å². The second-order valence-electron chi connectivity index (χ2n) is 7.15. The third-order valence-electron chi connectivity index (χ3n) is 5.60. The number of hydrogen-bond acceptors (Lipinski definition) is 3. The van der Waals surface area contributed by atoms with Gasteiger partial charge in [0.15, 0.2) is 0 Å². The van der Waals surface area contributed by atoms with Gasteiger partial charge in [0.2, 0.25) is 0 Å². The van der Waals surface area contributed by atoms with Gasteiger partial charge in [-0.2, -0.15) is 11.8 Å². The third kappa shape index (κ3) is 3.79. The van der Waals surface area contributed by atoms with Gasteiger partial charge in [0.25, 0.3) is 0 Å². The van der Waals surface area contributed by atoms with E-state index in [-0.39, 0.29) is 0 Å². The zero-order chi connectivity index (χ0) is 14.7. The predicted molar refractivity (Wildman–Crippen MR) is 89.9 cm³/mol. The number of fused-ring (bicyclic) bond motifs is 3. The maximum absolute atomic E-state index is 6.03. The highest BCUT2D eigenvalue weighted by Gasteiger charge is 2.48. The Bertz CT molecular complexity index is 292. The van der Waals surface area contributed by atoms with E-state index in [0.29, 0.717) is 12.2 Å². The van der Waals surface area contributed by atoms with Crippen LogP contribution in [0.2, 0.25) is 0 Å². The van der Waals surface area contributed by atoms with Gasteiger partial charge in [-0.3, -0.25) is 0 Å². The monoisotopic (exact) mass is 312 g/mol. The average molecular weight is 313 g/mol. The average Bonchev–Trinajstić information content (AvgIpc) is 2.87. The van der Waals surface area contributed by atoms with Crippen LogP contribution in [0.3, 0.4) is 0 Å². The largest absolute Gasteiger partial charge is 0.378 e. The van der Waals surface area contributed by atoms with Gasteiger partial charge in [-0.25, -0.2) is 0 Å². The summed E-state index contributed by atoms with van der Waals surface area (Å²) in [7, 11) is 0. The first-order valence-electron chi connectivity index (χ1n) is 9.20. The van der Waals surface area contributed by atoms with Crippen LogP contribution in [0.4, 0.5) is 0 Å². The van der Waals surface area contributed by atoms with Gasteiger partial charge in [-0.15, -0.1) is 0 Å². The summed E-state index contributed by atoms with van der Waals surface area (Å²) < 4.78 is 12.1. The molecule has 0 radical (unpaired) electrons. The van der Waals surface area contributed by atoms with Gasteiger partial charge in [0, 0.05) is 23.7 Å². The molecule has 122 valence electrons. The highest BCUT2D eigenvalue weighted by Crippen LogP contribution is 2.55. The SMILES string of the molecule is CCCOC1CCC2C(C1)SC1CC(OCCC)CCC12. The van der Waals surface area contributed by atoms with E-state index in [1.807, 2.05) is 0 Å². The molecule has 3 aliphatic rings. The normalized spacial score (nSPS) is 42.6. The van der Waals surface area contributed by atoms with Crippen LogP contribution in [-0.2, 0) is 9.47 Å². The van der Waals surface area contributed by atoms with Crippen LogP contribution >= 0.6 is 11.8 Å². The summed E-state index contributed by atoms with van der Waals surface area (Å²) in [5.41, 5.74) is 0. The Hall–Kier alpha value is 0.270.